The van der Waals surface area contributed by atoms with E-state index in [4.69, 9.17) is 0 Å². The molecule has 2 aromatic carbocycles. The van der Waals surface area contributed by atoms with Crippen LogP contribution in [-0.2, 0) is 16.6 Å². The lowest BCUT2D eigenvalue weighted by Gasteiger charge is -2.40. The second kappa shape index (κ2) is 10.6. The largest absolute Gasteiger partial charge is 0.327 e. The topological polar surface area (TPSA) is 70.6 Å². The predicted octanol–water partition coefficient (Wildman–Crippen LogP) is 4.42. The first-order chi connectivity index (χ1) is 16.4. The average Bonchev–Trinajstić information content (AvgIpc) is 2.86. The number of fused-ring (bicyclic) bond motifs is 1. The minimum atomic E-state index is -3.51. The monoisotopic (exact) mass is 483 g/mol. The lowest BCUT2D eigenvalue weighted by molar-refractivity contribution is 0.0373. The number of unbranched alkanes of at least 4 members (excludes halogenated alkanes) is 1. The summed E-state index contributed by atoms with van der Waals surface area (Å²) in [5.41, 5.74) is 1.13. The standard InChI is InChI=1S/C26H30FN3O3S/c1-2-3-15-34(32,33)29-14-13-25(23(27)19-29)30(18-20-9-5-4-6-10-20)26(31)24-16-21-11-7-8-12-22(21)17-28-24/h4-12,16-17,23,25H,2-3,13-15,18-19H2,1H3. The van der Waals surface area contributed by atoms with Gasteiger partial charge in [-0.15, -0.1) is 0 Å². The average molecular weight is 484 g/mol. The number of aromatic nitrogens is 1. The molecule has 1 fully saturated rings. The molecule has 34 heavy (non-hydrogen) atoms. The first-order valence-electron chi connectivity index (χ1n) is 11.7. The van der Waals surface area contributed by atoms with E-state index in [2.05, 4.69) is 4.98 Å². The molecular formula is C26H30FN3O3S. The van der Waals surface area contributed by atoms with Crippen LogP contribution in [0.1, 0.15) is 42.2 Å². The zero-order chi connectivity index (χ0) is 24.1. The highest BCUT2D eigenvalue weighted by Crippen LogP contribution is 2.26. The van der Waals surface area contributed by atoms with Crippen molar-refractivity contribution in [2.75, 3.05) is 18.8 Å². The van der Waals surface area contributed by atoms with Gasteiger partial charge in [0.05, 0.1) is 11.8 Å². The summed E-state index contributed by atoms with van der Waals surface area (Å²) < 4.78 is 42.0. The van der Waals surface area contributed by atoms with Crippen molar-refractivity contribution in [1.29, 1.82) is 0 Å². The number of piperidine rings is 1. The molecule has 0 saturated carbocycles. The number of hydrogen-bond donors (Lipinski definition) is 0. The molecule has 3 aromatic rings. The molecule has 1 amide bonds. The summed E-state index contributed by atoms with van der Waals surface area (Å²) in [7, 11) is -3.51. The number of benzene rings is 2. The normalized spacial score (nSPS) is 19.2. The Morgan fingerprint density at radius 3 is 2.53 bits per heavy atom. The summed E-state index contributed by atoms with van der Waals surface area (Å²) in [6.07, 6.45) is 1.70. The molecule has 1 aliphatic heterocycles. The van der Waals surface area contributed by atoms with Crippen LogP contribution in [0.15, 0.2) is 66.9 Å². The Morgan fingerprint density at radius 1 is 1.12 bits per heavy atom. The van der Waals surface area contributed by atoms with Crippen LogP contribution in [0.4, 0.5) is 4.39 Å². The zero-order valence-electron chi connectivity index (χ0n) is 19.3. The predicted molar refractivity (Wildman–Crippen MR) is 132 cm³/mol. The number of carbonyl (C=O) groups excluding carboxylic acids is 1. The van der Waals surface area contributed by atoms with E-state index in [1.54, 1.807) is 12.3 Å². The van der Waals surface area contributed by atoms with Gasteiger partial charge >= 0.3 is 0 Å². The zero-order valence-corrected chi connectivity index (χ0v) is 20.1. The van der Waals surface area contributed by atoms with Gasteiger partial charge in [-0.3, -0.25) is 9.78 Å². The van der Waals surface area contributed by atoms with Crippen molar-refractivity contribution in [1.82, 2.24) is 14.2 Å². The van der Waals surface area contributed by atoms with Gasteiger partial charge in [0, 0.05) is 31.2 Å². The maximum Gasteiger partial charge on any atom is 0.273 e. The van der Waals surface area contributed by atoms with Crippen LogP contribution in [-0.4, -0.2) is 59.6 Å². The Morgan fingerprint density at radius 2 is 1.82 bits per heavy atom. The van der Waals surface area contributed by atoms with Crippen LogP contribution in [0, 0.1) is 0 Å². The third-order valence-electron chi connectivity index (χ3n) is 6.33. The molecule has 6 nitrogen and oxygen atoms in total. The summed E-state index contributed by atoms with van der Waals surface area (Å²) in [5.74, 6) is -0.335. The Labute approximate surface area is 200 Å². The van der Waals surface area contributed by atoms with Crippen molar-refractivity contribution >= 4 is 26.7 Å². The number of alkyl halides is 1. The Hall–Kier alpha value is -2.84. The van der Waals surface area contributed by atoms with Crippen LogP contribution in [0.2, 0.25) is 0 Å². The highest BCUT2D eigenvalue weighted by molar-refractivity contribution is 7.89. The molecule has 0 bridgehead atoms. The number of pyridine rings is 1. The van der Waals surface area contributed by atoms with Gasteiger partial charge in [0.2, 0.25) is 10.0 Å². The van der Waals surface area contributed by atoms with Crippen LogP contribution < -0.4 is 0 Å². The fraction of sp³-hybridized carbons (Fsp3) is 0.385. The maximum absolute atomic E-state index is 15.5. The molecule has 4 rings (SSSR count). The van der Waals surface area contributed by atoms with E-state index in [0.29, 0.717) is 6.42 Å². The molecule has 0 spiro atoms. The molecule has 1 aliphatic rings. The van der Waals surface area contributed by atoms with E-state index in [9.17, 15) is 13.2 Å². The van der Waals surface area contributed by atoms with E-state index in [0.717, 1.165) is 22.8 Å². The fourth-order valence-corrected chi connectivity index (χ4v) is 6.06. The summed E-state index contributed by atoms with van der Waals surface area (Å²) >= 11 is 0. The van der Waals surface area contributed by atoms with Gasteiger partial charge in [-0.1, -0.05) is 67.9 Å². The van der Waals surface area contributed by atoms with E-state index in [1.165, 1.54) is 9.21 Å². The molecule has 1 saturated heterocycles. The van der Waals surface area contributed by atoms with E-state index in [-0.39, 0.29) is 43.4 Å². The molecule has 2 unspecified atom stereocenters. The minimum Gasteiger partial charge on any atom is -0.327 e. The lowest BCUT2D eigenvalue weighted by atomic mass is 10.0. The van der Waals surface area contributed by atoms with Crippen molar-refractivity contribution < 1.29 is 17.6 Å². The van der Waals surface area contributed by atoms with Crippen molar-refractivity contribution in [3.05, 3.63) is 78.1 Å². The fourth-order valence-electron chi connectivity index (χ4n) is 4.39. The van der Waals surface area contributed by atoms with E-state index in [1.807, 2.05) is 61.5 Å². The van der Waals surface area contributed by atoms with Crippen molar-refractivity contribution in [2.24, 2.45) is 0 Å². The van der Waals surface area contributed by atoms with E-state index >= 15 is 4.39 Å². The molecule has 2 heterocycles. The SMILES string of the molecule is CCCCS(=O)(=O)N1CCC(N(Cc2ccccc2)C(=O)c2cc3ccccc3cn2)C(F)C1. The number of carbonyl (C=O) groups is 1. The quantitative estimate of drug-likeness (QED) is 0.476. The Kier molecular flexibility index (Phi) is 7.58. The van der Waals surface area contributed by atoms with Crippen molar-refractivity contribution in [3.63, 3.8) is 0 Å². The van der Waals surface area contributed by atoms with Gasteiger partial charge < -0.3 is 4.90 Å². The smallest absolute Gasteiger partial charge is 0.273 e. The van der Waals surface area contributed by atoms with Gasteiger partial charge in [0.15, 0.2) is 0 Å². The number of halogens is 1. The van der Waals surface area contributed by atoms with Gasteiger partial charge in [-0.25, -0.2) is 12.8 Å². The number of rotatable bonds is 8. The first kappa shape index (κ1) is 24.3. The van der Waals surface area contributed by atoms with Crippen LogP contribution >= 0.6 is 0 Å². The number of nitrogens with zero attached hydrogens (tertiary/aromatic N) is 3. The molecule has 1 aromatic heterocycles. The van der Waals surface area contributed by atoms with Crippen LogP contribution in [0.5, 0.6) is 0 Å². The van der Waals surface area contributed by atoms with Crippen molar-refractivity contribution in [2.45, 2.75) is 44.9 Å². The molecule has 2 atom stereocenters. The summed E-state index contributed by atoms with van der Waals surface area (Å²) in [6.45, 7) is 2.11. The summed E-state index contributed by atoms with van der Waals surface area (Å²) in [5, 5.41) is 1.80. The van der Waals surface area contributed by atoms with Crippen LogP contribution in [0.25, 0.3) is 10.8 Å². The highest BCUT2D eigenvalue weighted by Gasteiger charge is 2.39. The Balaban J connectivity index is 1.60. The molecule has 0 N–H and O–H groups in total. The molecule has 0 radical (unpaired) electrons. The van der Waals surface area contributed by atoms with Gasteiger partial charge in [0.25, 0.3) is 5.91 Å². The Bertz CT molecular complexity index is 1240. The molecule has 0 aliphatic carbocycles. The second-order valence-corrected chi connectivity index (χ2v) is 10.8. The summed E-state index contributed by atoms with van der Waals surface area (Å²) in [4.78, 5) is 19.5. The summed E-state index contributed by atoms with van der Waals surface area (Å²) in [6, 6.07) is 18.1. The van der Waals surface area contributed by atoms with Gasteiger partial charge in [0.1, 0.15) is 11.9 Å². The lowest BCUT2D eigenvalue weighted by Crippen LogP contribution is -2.55. The number of sulfonamides is 1. The molecular weight excluding hydrogens is 453 g/mol. The maximum atomic E-state index is 15.5. The number of hydrogen-bond acceptors (Lipinski definition) is 4. The van der Waals surface area contributed by atoms with Gasteiger partial charge in [-0.05, 0) is 29.9 Å². The van der Waals surface area contributed by atoms with E-state index < -0.39 is 22.2 Å². The molecule has 180 valence electrons. The third-order valence-corrected chi connectivity index (χ3v) is 8.25. The second-order valence-electron chi connectivity index (χ2n) is 8.73. The van der Waals surface area contributed by atoms with Crippen molar-refractivity contribution in [3.8, 4) is 0 Å². The minimum absolute atomic E-state index is 0.0224. The van der Waals surface area contributed by atoms with Gasteiger partial charge in [-0.2, -0.15) is 4.31 Å². The highest BCUT2D eigenvalue weighted by atomic mass is 32.2. The van der Waals surface area contributed by atoms with Crippen LogP contribution in [0.3, 0.4) is 0 Å². The molecule has 8 heteroatoms. The first-order valence-corrected chi connectivity index (χ1v) is 13.3. The number of amides is 1. The third kappa shape index (κ3) is 5.45.